The Bertz CT molecular complexity index is 544. The number of aryl methyl sites for hydroxylation is 1. The van der Waals surface area contributed by atoms with Crippen LogP contribution >= 0.6 is 23.2 Å². The van der Waals surface area contributed by atoms with Crippen LogP contribution in [-0.4, -0.2) is 6.21 Å². The standard InChI is InChI=1S/C14H11Cl2NO/c1-10-2-4-11(5-3-10)9-17-18-14-7-12(15)6-13(16)8-14/h2-9H,1H3/b17-9-. The topological polar surface area (TPSA) is 21.6 Å². The van der Waals surface area contributed by atoms with Crippen molar-refractivity contribution in [1.82, 2.24) is 0 Å². The van der Waals surface area contributed by atoms with Gasteiger partial charge in [0.15, 0.2) is 5.75 Å². The molecule has 0 unspecified atom stereocenters. The van der Waals surface area contributed by atoms with Crippen LogP contribution in [0.2, 0.25) is 10.0 Å². The molecular weight excluding hydrogens is 269 g/mol. The molecule has 0 aliphatic carbocycles. The highest BCUT2D eigenvalue weighted by Crippen LogP contribution is 2.24. The molecule has 0 spiro atoms. The minimum atomic E-state index is 0.510. The van der Waals surface area contributed by atoms with Crippen LogP contribution in [0, 0.1) is 6.92 Å². The summed E-state index contributed by atoms with van der Waals surface area (Å²) in [5.41, 5.74) is 2.17. The van der Waals surface area contributed by atoms with Gasteiger partial charge in [-0.15, -0.1) is 0 Å². The van der Waals surface area contributed by atoms with Crippen LogP contribution in [-0.2, 0) is 0 Å². The lowest BCUT2D eigenvalue weighted by Gasteiger charge is -2.00. The maximum atomic E-state index is 5.85. The second-order valence-electron chi connectivity index (χ2n) is 3.84. The molecule has 0 fully saturated rings. The number of nitrogens with zero attached hydrogens (tertiary/aromatic N) is 1. The molecule has 0 aromatic heterocycles. The van der Waals surface area contributed by atoms with Crippen LogP contribution in [0.1, 0.15) is 11.1 Å². The lowest BCUT2D eigenvalue weighted by molar-refractivity contribution is 0.344. The van der Waals surface area contributed by atoms with Crippen LogP contribution < -0.4 is 4.84 Å². The summed E-state index contributed by atoms with van der Waals surface area (Å²) in [6, 6.07) is 12.9. The summed E-state index contributed by atoms with van der Waals surface area (Å²) in [6.45, 7) is 2.03. The van der Waals surface area contributed by atoms with E-state index in [1.807, 2.05) is 31.2 Å². The first-order chi connectivity index (χ1) is 8.63. The molecule has 18 heavy (non-hydrogen) atoms. The van der Waals surface area contributed by atoms with E-state index in [0.717, 1.165) is 5.56 Å². The van der Waals surface area contributed by atoms with Crippen LogP contribution in [0.3, 0.4) is 0 Å². The van der Waals surface area contributed by atoms with Crippen molar-refractivity contribution in [2.24, 2.45) is 5.16 Å². The second kappa shape index (κ2) is 5.89. The number of rotatable bonds is 3. The number of hydrogen-bond acceptors (Lipinski definition) is 2. The molecular formula is C14H11Cl2NO. The van der Waals surface area contributed by atoms with E-state index in [1.165, 1.54) is 5.56 Å². The summed E-state index contributed by atoms with van der Waals surface area (Å²) in [6.07, 6.45) is 1.63. The maximum absolute atomic E-state index is 5.85. The summed E-state index contributed by atoms with van der Waals surface area (Å²) in [5.74, 6) is 0.510. The fourth-order valence-corrected chi connectivity index (χ4v) is 1.89. The molecule has 2 rings (SSSR count). The molecule has 0 saturated heterocycles. The molecule has 0 heterocycles. The zero-order valence-corrected chi connectivity index (χ0v) is 11.2. The number of oxime groups is 1. The quantitative estimate of drug-likeness (QED) is 0.589. The van der Waals surface area contributed by atoms with Gasteiger partial charge in [0.2, 0.25) is 0 Å². The van der Waals surface area contributed by atoms with Crippen molar-refractivity contribution in [3.63, 3.8) is 0 Å². The third kappa shape index (κ3) is 3.76. The lowest BCUT2D eigenvalue weighted by Crippen LogP contribution is -1.87. The van der Waals surface area contributed by atoms with Crippen molar-refractivity contribution in [3.05, 3.63) is 63.6 Å². The van der Waals surface area contributed by atoms with Gasteiger partial charge in [-0.3, -0.25) is 0 Å². The fourth-order valence-electron chi connectivity index (χ4n) is 1.38. The zero-order chi connectivity index (χ0) is 13.0. The van der Waals surface area contributed by atoms with Crippen LogP contribution in [0.5, 0.6) is 5.75 Å². The predicted octanol–water partition coefficient (Wildman–Crippen LogP) is 4.71. The molecule has 0 bridgehead atoms. The molecule has 0 saturated carbocycles. The average molecular weight is 280 g/mol. The van der Waals surface area contributed by atoms with Crippen molar-refractivity contribution < 1.29 is 4.84 Å². The molecule has 0 N–H and O–H groups in total. The predicted molar refractivity (Wildman–Crippen MR) is 75.9 cm³/mol. The van der Waals surface area contributed by atoms with E-state index in [4.69, 9.17) is 28.0 Å². The Morgan fingerprint density at radius 1 is 1.00 bits per heavy atom. The average Bonchev–Trinajstić information content (AvgIpc) is 2.30. The highest BCUT2D eigenvalue weighted by molar-refractivity contribution is 6.34. The molecule has 2 aromatic carbocycles. The summed E-state index contributed by atoms with van der Waals surface area (Å²) < 4.78 is 0. The van der Waals surface area contributed by atoms with Gasteiger partial charge in [0.05, 0.1) is 6.21 Å². The van der Waals surface area contributed by atoms with Crippen molar-refractivity contribution in [2.75, 3.05) is 0 Å². The van der Waals surface area contributed by atoms with Crippen molar-refractivity contribution in [1.29, 1.82) is 0 Å². The van der Waals surface area contributed by atoms with Gasteiger partial charge >= 0.3 is 0 Å². The Morgan fingerprint density at radius 2 is 1.61 bits per heavy atom. The SMILES string of the molecule is Cc1ccc(/C=N\Oc2cc(Cl)cc(Cl)c2)cc1. The molecule has 92 valence electrons. The fraction of sp³-hybridized carbons (Fsp3) is 0.0714. The number of benzene rings is 2. The molecule has 0 aliphatic heterocycles. The minimum Gasteiger partial charge on any atom is -0.357 e. The second-order valence-corrected chi connectivity index (χ2v) is 4.71. The summed E-state index contributed by atoms with van der Waals surface area (Å²) in [4.78, 5) is 5.20. The van der Waals surface area contributed by atoms with Gasteiger partial charge in [0.25, 0.3) is 0 Å². The summed E-state index contributed by atoms with van der Waals surface area (Å²) >= 11 is 11.7. The van der Waals surface area contributed by atoms with E-state index in [0.29, 0.717) is 15.8 Å². The Kier molecular flexibility index (Phi) is 4.24. The lowest BCUT2D eigenvalue weighted by atomic mass is 10.2. The Morgan fingerprint density at radius 3 is 2.22 bits per heavy atom. The van der Waals surface area contributed by atoms with Gasteiger partial charge in [0.1, 0.15) is 0 Å². The monoisotopic (exact) mass is 279 g/mol. The molecule has 0 aliphatic rings. The van der Waals surface area contributed by atoms with Crippen LogP contribution in [0.4, 0.5) is 0 Å². The number of hydrogen-bond donors (Lipinski definition) is 0. The highest BCUT2D eigenvalue weighted by Gasteiger charge is 1.98. The Labute approximate surface area is 116 Å². The van der Waals surface area contributed by atoms with Crippen LogP contribution in [0.15, 0.2) is 47.6 Å². The minimum absolute atomic E-state index is 0.510. The van der Waals surface area contributed by atoms with E-state index in [1.54, 1.807) is 24.4 Å². The molecule has 4 heteroatoms. The van der Waals surface area contributed by atoms with Gasteiger partial charge in [-0.25, -0.2) is 0 Å². The third-order valence-corrected chi connectivity index (χ3v) is 2.71. The summed E-state index contributed by atoms with van der Waals surface area (Å²) in [5, 5.41) is 4.91. The normalized spacial score (nSPS) is 10.8. The van der Waals surface area contributed by atoms with Crippen molar-refractivity contribution in [2.45, 2.75) is 6.92 Å². The van der Waals surface area contributed by atoms with Gasteiger partial charge in [-0.05, 0) is 18.6 Å². The Balaban J connectivity index is 2.04. The summed E-state index contributed by atoms with van der Waals surface area (Å²) in [7, 11) is 0. The van der Waals surface area contributed by atoms with E-state index in [2.05, 4.69) is 5.16 Å². The first-order valence-electron chi connectivity index (χ1n) is 5.36. The molecule has 0 radical (unpaired) electrons. The van der Waals surface area contributed by atoms with Gasteiger partial charge in [0, 0.05) is 22.2 Å². The van der Waals surface area contributed by atoms with E-state index < -0.39 is 0 Å². The number of halogens is 2. The van der Waals surface area contributed by atoms with Gasteiger partial charge < -0.3 is 4.84 Å². The van der Waals surface area contributed by atoms with Gasteiger partial charge in [-0.1, -0.05) is 58.2 Å². The molecule has 2 aromatic rings. The van der Waals surface area contributed by atoms with E-state index in [9.17, 15) is 0 Å². The largest absolute Gasteiger partial charge is 0.357 e. The van der Waals surface area contributed by atoms with Crippen molar-refractivity contribution in [3.8, 4) is 5.75 Å². The Hall–Kier alpha value is -1.51. The molecule has 0 atom stereocenters. The maximum Gasteiger partial charge on any atom is 0.160 e. The van der Waals surface area contributed by atoms with Crippen LogP contribution in [0.25, 0.3) is 0 Å². The molecule has 2 nitrogen and oxygen atoms in total. The third-order valence-electron chi connectivity index (χ3n) is 2.27. The molecule has 0 amide bonds. The highest BCUT2D eigenvalue weighted by atomic mass is 35.5. The first kappa shape index (κ1) is 12.9. The van der Waals surface area contributed by atoms with E-state index >= 15 is 0 Å². The first-order valence-corrected chi connectivity index (χ1v) is 6.12. The van der Waals surface area contributed by atoms with E-state index in [-0.39, 0.29) is 0 Å². The smallest absolute Gasteiger partial charge is 0.160 e. The van der Waals surface area contributed by atoms with Gasteiger partial charge in [-0.2, -0.15) is 0 Å². The zero-order valence-electron chi connectivity index (χ0n) is 9.73. The van der Waals surface area contributed by atoms with Crippen molar-refractivity contribution >= 4 is 29.4 Å².